The maximum Gasteiger partial charge on any atom is 0.270 e. The molecule has 0 radical (unpaired) electrons. The number of benzene rings is 2. The van der Waals surface area contributed by atoms with Gasteiger partial charge < -0.3 is 9.64 Å². The van der Waals surface area contributed by atoms with Crippen LogP contribution in [0.25, 0.3) is 0 Å². The quantitative estimate of drug-likeness (QED) is 0.374. The molecule has 1 aliphatic rings. The number of likely N-dealkylation sites (N-methyl/N-ethyl adjacent to an activating group) is 1. The van der Waals surface area contributed by atoms with Crippen molar-refractivity contribution < 1.29 is 23.0 Å². The Morgan fingerprint density at radius 3 is 2.47 bits per heavy atom. The van der Waals surface area contributed by atoms with Crippen LogP contribution in [-0.4, -0.2) is 64.2 Å². The van der Waals surface area contributed by atoms with Gasteiger partial charge in [-0.1, -0.05) is 0 Å². The Labute approximate surface area is 174 Å². The number of ether oxygens (including phenoxy) is 1. The molecule has 0 aromatic heterocycles. The van der Waals surface area contributed by atoms with E-state index in [1.54, 1.807) is 31.4 Å². The molecule has 0 amide bonds. The molecule has 0 saturated carbocycles. The van der Waals surface area contributed by atoms with Crippen LogP contribution < -0.4 is 15.1 Å². The van der Waals surface area contributed by atoms with Gasteiger partial charge in [0.1, 0.15) is 10.6 Å². The van der Waals surface area contributed by atoms with Crippen LogP contribution >= 0.6 is 0 Å². The van der Waals surface area contributed by atoms with Crippen molar-refractivity contribution in [3.63, 3.8) is 0 Å². The van der Waals surface area contributed by atoms with Gasteiger partial charge >= 0.3 is 0 Å². The number of nitrogens with one attached hydrogen (secondary N) is 2. The Morgan fingerprint density at radius 2 is 1.87 bits per heavy atom. The van der Waals surface area contributed by atoms with E-state index in [4.69, 9.17) is 4.74 Å². The normalized spacial score (nSPS) is 15.9. The van der Waals surface area contributed by atoms with Crippen LogP contribution in [0.5, 0.6) is 5.75 Å². The first-order chi connectivity index (χ1) is 14.3. The lowest BCUT2D eigenvalue weighted by Crippen LogP contribution is -3.12. The minimum Gasteiger partial charge on any atom is -0.497 e. The van der Waals surface area contributed by atoms with E-state index in [1.807, 2.05) is 7.05 Å². The Kier molecular flexibility index (Phi) is 6.65. The Hall–Kier alpha value is -3.02. The number of hydrogen-bond acceptors (Lipinski definition) is 7. The number of methoxy groups -OCH3 is 1. The largest absolute Gasteiger partial charge is 0.497 e. The van der Waals surface area contributed by atoms with Crippen molar-refractivity contribution in [2.45, 2.75) is 4.90 Å². The number of sulfonamides is 1. The van der Waals surface area contributed by atoms with Gasteiger partial charge in [0.2, 0.25) is 10.0 Å². The summed E-state index contributed by atoms with van der Waals surface area (Å²) in [5, 5.41) is 15.3. The fraction of sp³-hybridized carbons (Fsp3) is 0.316. The number of hydrazone groups is 1. The van der Waals surface area contributed by atoms with Crippen LogP contribution in [0.3, 0.4) is 0 Å². The highest BCUT2D eigenvalue weighted by atomic mass is 32.2. The van der Waals surface area contributed by atoms with Crippen LogP contribution in [0.2, 0.25) is 0 Å². The third kappa shape index (κ3) is 4.93. The molecule has 30 heavy (non-hydrogen) atoms. The lowest BCUT2D eigenvalue weighted by molar-refractivity contribution is -0.883. The minimum atomic E-state index is -3.91. The van der Waals surface area contributed by atoms with Gasteiger partial charge in [0.15, 0.2) is 0 Å². The van der Waals surface area contributed by atoms with E-state index in [1.165, 1.54) is 27.6 Å². The number of nitrogens with zero attached hydrogens (tertiary/aromatic N) is 3. The number of quaternary nitrogens is 1. The van der Waals surface area contributed by atoms with E-state index in [2.05, 4.69) is 10.5 Å². The second kappa shape index (κ2) is 9.20. The first kappa shape index (κ1) is 21.7. The van der Waals surface area contributed by atoms with E-state index in [-0.39, 0.29) is 16.3 Å². The van der Waals surface area contributed by atoms with Gasteiger partial charge in [-0.2, -0.15) is 9.41 Å². The van der Waals surface area contributed by atoms with Gasteiger partial charge in [0.05, 0.1) is 57.2 Å². The van der Waals surface area contributed by atoms with Crippen molar-refractivity contribution in [1.29, 1.82) is 0 Å². The Balaban J connectivity index is 1.88. The molecule has 1 aliphatic heterocycles. The maximum atomic E-state index is 13.2. The molecule has 3 rings (SSSR count). The van der Waals surface area contributed by atoms with Gasteiger partial charge in [0.25, 0.3) is 5.69 Å². The summed E-state index contributed by atoms with van der Waals surface area (Å²) in [6.07, 6.45) is 1.52. The van der Waals surface area contributed by atoms with Crippen molar-refractivity contribution in [2.75, 3.05) is 45.8 Å². The molecule has 1 heterocycles. The summed E-state index contributed by atoms with van der Waals surface area (Å²) in [7, 11) is -0.343. The van der Waals surface area contributed by atoms with E-state index in [0.717, 1.165) is 11.6 Å². The van der Waals surface area contributed by atoms with Gasteiger partial charge in [-0.15, -0.1) is 0 Å². The average molecular weight is 434 g/mol. The molecule has 0 bridgehead atoms. The smallest absolute Gasteiger partial charge is 0.270 e. The number of hydrogen-bond donors (Lipinski definition) is 2. The van der Waals surface area contributed by atoms with Crippen LogP contribution in [0, 0.1) is 10.1 Å². The second-order valence-electron chi connectivity index (χ2n) is 6.94. The first-order valence-corrected chi connectivity index (χ1v) is 10.8. The summed E-state index contributed by atoms with van der Waals surface area (Å²) >= 11 is 0. The van der Waals surface area contributed by atoms with E-state index >= 15 is 0 Å². The molecule has 1 fully saturated rings. The van der Waals surface area contributed by atoms with E-state index in [0.29, 0.717) is 31.9 Å². The predicted octanol–water partition coefficient (Wildman–Crippen LogP) is 0.568. The summed E-state index contributed by atoms with van der Waals surface area (Å²) < 4.78 is 32.8. The summed E-state index contributed by atoms with van der Waals surface area (Å²) in [5.74, 6) is 0.706. The average Bonchev–Trinajstić information content (AvgIpc) is 2.74. The third-order valence-electron chi connectivity index (χ3n) is 4.88. The summed E-state index contributed by atoms with van der Waals surface area (Å²) in [6, 6.07) is 10.8. The van der Waals surface area contributed by atoms with Crippen molar-refractivity contribution >= 4 is 27.6 Å². The van der Waals surface area contributed by atoms with Crippen molar-refractivity contribution in [3.8, 4) is 5.75 Å². The molecule has 0 unspecified atom stereocenters. The first-order valence-electron chi connectivity index (χ1n) is 9.34. The molecule has 2 aromatic rings. The summed E-state index contributed by atoms with van der Waals surface area (Å²) in [5.41, 5.74) is 3.37. The maximum absolute atomic E-state index is 13.2. The Morgan fingerprint density at radius 1 is 1.20 bits per heavy atom. The molecular formula is C19H24N5O5S+. The monoisotopic (exact) mass is 434 g/mol. The SMILES string of the molecule is COc1ccc(/C=N\Nc2ccc([N+](=O)[O-])cc2S(=O)(=O)N2CC[NH+](C)CC2)cc1. The number of non-ortho nitro benzene ring substituents is 1. The second-order valence-corrected chi connectivity index (χ2v) is 8.85. The zero-order chi connectivity index (χ0) is 21.7. The van der Waals surface area contributed by atoms with Gasteiger partial charge in [0, 0.05) is 12.1 Å². The van der Waals surface area contributed by atoms with Crippen LogP contribution in [0.4, 0.5) is 11.4 Å². The molecule has 2 N–H and O–H groups in total. The molecule has 0 spiro atoms. The molecule has 11 heteroatoms. The number of anilines is 1. The number of nitro groups is 1. The van der Waals surface area contributed by atoms with Gasteiger partial charge in [-0.3, -0.25) is 15.5 Å². The van der Waals surface area contributed by atoms with Crippen molar-refractivity contribution in [2.24, 2.45) is 5.10 Å². The highest BCUT2D eigenvalue weighted by Crippen LogP contribution is 2.29. The van der Waals surface area contributed by atoms with E-state index in [9.17, 15) is 18.5 Å². The molecule has 1 saturated heterocycles. The molecule has 10 nitrogen and oxygen atoms in total. The van der Waals surface area contributed by atoms with Crippen molar-refractivity contribution in [3.05, 3.63) is 58.1 Å². The highest BCUT2D eigenvalue weighted by molar-refractivity contribution is 7.89. The Bertz CT molecular complexity index is 1030. The fourth-order valence-electron chi connectivity index (χ4n) is 3.04. The van der Waals surface area contributed by atoms with Gasteiger partial charge in [-0.25, -0.2) is 8.42 Å². The predicted molar refractivity (Wildman–Crippen MR) is 113 cm³/mol. The van der Waals surface area contributed by atoms with Crippen molar-refractivity contribution in [1.82, 2.24) is 4.31 Å². The highest BCUT2D eigenvalue weighted by Gasteiger charge is 2.32. The minimum absolute atomic E-state index is 0.164. The topological polar surface area (TPSA) is 119 Å². The molecule has 0 aliphatic carbocycles. The molecule has 2 aromatic carbocycles. The molecule has 160 valence electrons. The molecule has 0 atom stereocenters. The fourth-order valence-corrected chi connectivity index (χ4v) is 4.65. The van der Waals surface area contributed by atoms with Crippen LogP contribution in [0.15, 0.2) is 52.5 Å². The summed E-state index contributed by atoms with van der Waals surface area (Å²) in [4.78, 5) is 11.7. The zero-order valence-corrected chi connectivity index (χ0v) is 17.6. The number of rotatable bonds is 7. The van der Waals surface area contributed by atoms with E-state index < -0.39 is 14.9 Å². The summed E-state index contributed by atoms with van der Waals surface area (Å²) in [6.45, 7) is 2.05. The molecular weight excluding hydrogens is 410 g/mol. The van der Waals surface area contributed by atoms with Crippen LogP contribution in [0.1, 0.15) is 5.56 Å². The van der Waals surface area contributed by atoms with Gasteiger partial charge in [-0.05, 0) is 35.9 Å². The lowest BCUT2D eigenvalue weighted by Gasteiger charge is -2.29. The standard InChI is InChI=1S/C19H23N5O5S/c1-22-9-11-23(12-10-22)30(27,28)19-13-16(24(25)26)5-8-18(19)21-20-14-15-3-6-17(29-2)7-4-15/h3-8,13-14,21H,9-12H2,1-2H3/p+1/b20-14-. The lowest BCUT2D eigenvalue weighted by atomic mass is 10.2. The van der Waals surface area contributed by atoms with Crippen LogP contribution in [-0.2, 0) is 10.0 Å². The third-order valence-corrected chi connectivity index (χ3v) is 6.82. The number of piperazine rings is 1. The zero-order valence-electron chi connectivity index (χ0n) is 16.7. The number of nitro benzene ring substituents is 1.